The first-order valence-electron chi connectivity index (χ1n) is 9.16. The van der Waals surface area contributed by atoms with Crippen molar-refractivity contribution in [1.29, 1.82) is 0 Å². The van der Waals surface area contributed by atoms with Gasteiger partial charge in [-0.05, 0) is 42.5 Å². The molecule has 0 saturated heterocycles. The van der Waals surface area contributed by atoms with Gasteiger partial charge in [0.2, 0.25) is 0 Å². The molecule has 0 unspecified atom stereocenters. The van der Waals surface area contributed by atoms with E-state index in [1.807, 2.05) is 30.3 Å². The van der Waals surface area contributed by atoms with Crippen LogP contribution in [0.1, 0.15) is 17.5 Å². The molecule has 150 valence electrons. The molecule has 0 radical (unpaired) electrons. The highest BCUT2D eigenvalue weighted by molar-refractivity contribution is 5.97. The molecule has 0 bridgehead atoms. The third-order valence-corrected chi connectivity index (χ3v) is 3.88. The van der Waals surface area contributed by atoms with Crippen LogP contribution in [0.25, 0.3) is 0 Å². The second-order valence-electron chi connectivity index (χ2n) is 6.14. The fourth-order valence-corrected chi connectivity index (χ4v) is 2.41. The minimum Gasteiger partial charge on any atom is -0.493 e. The fourth-order valence-electron chi connectivity index (χ4n) is 2.41. The molecule has 0 aliphatic carbocycles. The molecule has 0 fully saturated rings. The number of pyridine rings is 1. The molecule has 29 heavy (non-hydrogen) atoms. The van der Waals surface area contributed by atoms with Gasteiger partial charge in [0.1, 0.15) is 30.5 Å². The lowest BCUT2D eigenvalue weighted by Crippen LogP contribution is -2.14. The van der Waals surface area contributed by atoms with E-state index in [9.17, 15) is 4.39 Å². The predicted octanol–water partition coefficient (Wildman–Crippen LogP) is 3.91. The quantitative estimate of drug-likeness (QED) is 0.244. The van der Waals surface area contributed by atoms with Gasteiger partial charge >= 0.3 is 0 Å². The highest BCUT2D eigenvalue weighted by atomic mass is 19.1. The van der Waals surface area contributed by atoms with Gasteiger partial charge in [-0.1, -0.05) is 23.4 Å². The van der Waals surface area contributed by atoms with E-state index < -0.39 is 0 Å². The number of amidine groups is 1. The zero-order chi connectivity index (χ0) is 20.3. The largest absolute Gasteiger partial charge is 0.493 e. The van der Waals surface area contributed by atoms with Gasteiger partial charge in [-0.3, -0.25) is 4.98 Å². The molecule has 0 spiro atoms. The van der Waals surface area contributed by atoms with Gasteiger partial charge in [-0.15, -0.1) is 0 Å². The normalized spacial score (nSPS) is 11.1. The third-order valence-electron chi connectivity index (χ3n) is 3.88. The van der Waals surface area contributed by atoms with Gasteiger partial charge in [-0.25, -0.2) is 4.39 Å². The van der Waals surface area contributed by atoms with Crippen molar-refractivity contribution in [1.82, 2.24) is 4.98 Å². The summed E-state index contributed by atoms with van der Waals surface area (Å²) in [6.07, 6.45) is 4.09. The first kappa shape index (κ1) is 20.1. The molecule has 1 aromatic heterocycles. The van der Waals surface area contributed by atoms with Crippen LogP contribution in [0.15, 0.2) is 78.2 Å². The maximum atomic E-state index is 12.8. The van der Waals surface area contributed by atoms with E-state index in [0.29, 0.717) is 43.3 Å². The summed E-state index contributed by atoms with van der Waals surface area (Å²) >= 11 is 0. The molecule has 6 nitrogen and oxygen atoms in total. The standard InChI is InChI=1S/C22H22FN3O3/c23-19-7-9-20(10-8-19)27-12-3-13-29-26-22(24)18-5-1-6-21(14-18)28-16-17-4-2-11-25-15-17/h1-2,4-11,14-15H,3,12-13,16H2,(H2,24,26). The Morgan fingerprint density at radius 1 is 0.966 bits per heavy atom. The van der Waals surface area contributed by atoms with Crippen molar-refractivity contribution in [3.05, 3.63) is 90.0 Å². The van der Waals surface area contributed by atoms with Gasteiger partial charge in [0, 0.05) is 29.9 Å². The Morgan fingerprint density at radius 3 is 2.62 bits per heavy atom. The summed E-state index contributed by atoms with van der Waals surface area (Å²) < 4.78 is 24.1. The summed E-state index contributed by atoms with van der Waals surface area (Å²) in [5.41, 5.74) is 7.67. The van der Waals surface area contributed by atoms with Crippen molar-refractivity contribution in [2.75, 3.05) is 13.2 Å². The highest BCUT2D eigenvalue weighted by Crippen LogP contribution is 2.15. The molecule has 0 aliphatic heterocycles. The molecule has 0 aliphatic rings. The molecule has 0 saturated carbocycles. The highest BCUT2D eigenvalue weighted by Gasteiger charge is 2.03. The molecule has 7 heteroatoms. The number of ether oxygens (including phenoxy) is 2. The van der Waals surface area contributed by atoms with Gasteiger partial charge in [0.25, 0.3) is 0 Å². The van der Waals surface area contributed by atoms with Crippen molar-refractivity contribution in [2.45, 2.75) is 13.0 Å². The summed E-state index contributed by atoms with van der Waals surface area (Å²) in [5.74, 6) is 1.25. The van der Waals surface area contributed by atoms with Crippen molar-refractivity contribution >= 4 is 5.84 Å². The van der Waals surface area contributed by atoms with Crippen LogP contribution in [-0.2, 0) is 11.4 Å². The number of nitrogens with zero attached hydrogens (tertiary/aromatic N) is 2. The SMILES string of the molecule is NC(=NOCCCOc1ccc(F)cc1)c1cccc(OCc2cccnc2)c1. The Bertz CT molecular complexity index is 918. The van der Waals surface area contributed by atoms with E-state index in [1.54, 1.807) is 30.6 Å². The summed E-state index contributed by atoms with van der Waals surface area (Å²) in [4.78, 5) is 9.31. The van der Waals surface area contributed by atoms with Crippen LogP contribution in [0.3, 0.4) is 0 Å². The van der Waals surface area contributed by atoms with Gasteiger partial charge in [0.05, 0.1) is 6.61 Å². The molecule has 0 amide bonds. The average Bonchev–Trinajstić information content (AvgIpc) is 2.77. The van der Waals surface area contributed by atoms with E-state index >= 15 is 0 Å². The number of aromatic nitrogens is 1. The van der Waals surface area contributed by atoms with Crippen molar-refractivity contribution in [3.63, 3.8) is 0 Å². The lowest BCUT2D eigenvalue weighted by atomic mass is 10.2. The first-order valence-corrected chi connectivity index (χ1v) is 9.16. The van der Waals surface area contributed by atoms with E-state index in [1.165, 1.54) is 12.1 Å². The zero-order valence-electron chi connectivity index (χ0n) is 15.8. The topological polar surface area (TPSA) is 79.0 Å². The maximum absolute atomic E-state index is 12.8. The van der Waals surface area contributed by atoms with Crippen LogP contribution >= 0.6 is 0 Å². The minimum absolute atomic E-state index is 0.260. The molecule has 3 rings (SSSR count). The molecular formula is C22H22FN3O3. The Labute approximate surface area is 168 Å². The van der Waals surface area contributed by atoms with Gasteiger partial charge in [0.15, 0.2) is 5.84 Å². The number of rotatable bonds is 10. The van der Waals surface area contributed by atoms with E-state index in [-0.39, 0.29) is 11.7 Å². The fraction of sp³-hybridized carbons (Fsp3) is 0.182. The lowest BCUT2D eigenvalue weighted by molar-refractivity contribution is 0.127. The van der Waals surface area contributed by atoms with E-state index in [4.69, 9.17) is 20.0 Å². The van der Waals surface area contributed by atoms with Crippen molar-refractivity contribution < 1.29 is 18.7 Å². The van der Waals surface area contributed by atoms with Crippen LogP contribution < -0.4 is 15.2 Å². The summed E-state index contributed by atoms with van der Waals surface area (Å²) in [6, 6.07) is 17.0. The Kier molecular flexibility index (Phi) is 7.40. The maximum Gasteiger partial charge on any atom is 0.170 e. The number of hydrogen-bond acceptors (Lipinski definition) is 5. The monoisotopic (exact) mass is 395 g/mol. The van der Waals surface area contributed by atoms with Crippen LogP contribution in [0.2, 0.25) is 0 Å². The Balaban J connectivity index is 1.41. The van der Waals surface area contributed by atoms with Crippen LogP contribution in [0.5, 0.6) is 11.5 Å². The second-order valence-corrected chi connectivity index (χ2v) is 6.14. The lowest BCUT2D eigenvalue weighted by Gasteiger charge is -2.08. The van der Waals surface area contributed by atoms with Crippen LogP contribution in [0.4, 0.5) is 4.39 Å². The number of hydrogen-bond donors (Lipinski definition) is 1. The summed E-state index contributed by atoms with van der Waals surface area (Å²) in [5, 5.41) is 3.93. The molecule has 1 heterocycles. The third kappa shape index (κ3) is 6.80. The van der Waals surface area contributed by atoms with Crippen molar-refractivity contribution in [2.24, 2.45) is 10.9 Å². The average molecular weight is 395 g/mol. The number of oxime groups is 1. The number of benzene rings is 2. The van der Waals surface area contributed by atoms with Crippen LogP contribution in [0, 0.1) is 5.82 Å². The second kappa shape index (κ2) is 10.7. The molecule has 2 aromatic carbocycles. The first-order chi connectivity index (χ1) is 14.2. The Morgan fingerprint density at radius 2 is 1.83 bits per heavy atom. The van der Waals surface area contributed by atoms with Gasteiger partial charge in [-0.2, -0.15) is 0 Å². The molecular weight excluding hydrogens is 373 g/mol. The smallest absolute Gasteiger partial charge is 0.170 e. The van der Waals surface area contributed by atoms with Gasteiger partial charge < -0.3 is 20.0 Å². The zero-order valence-corrected chi connectivity index (χ0v) is 15.8. The van der Waals surface area contributed by atoms with E-state index in [2.05, 4.69) is 10.1 Å². The summed E-state index contributed by atoms with van der Waals surface area (Å²) in [7, 11) is 0. The van der Waals surface area contributed by atoms with Crippen molar-refractivity contribution in [3.8, 4) is 11.5 Å². The Hall–Kier alpha value is -3.61. The summed E-state index contributed by atoms with van der Waals surface area (Å²) in [6.45, 7) is 1.19. The van der Waals surface area contributed by atoms with E-state index in [0.717, 1.165) is 5.56 Å². The molecule has 2 N–H and O–H groups in total. The van der Waals surface area contributed by atoms with Crippen LogP contribution in [-0.4, -0.2) is 24.0 Å². The minimum atomic E-state index is -0.294. The predicted molar refractivity (Wildman–Crippen MR) is 108 cm³/mol. The molecule has 0 atom stereocenters. The number of nitrogens with two attached hydrogens (primary N) is 1. The number of halogens is 1. The molecule has 3 aromatic rings.